The normalized spacial score (nSPS) is 12.3. The van der Waals surface area contributed by atoms with Crippen LogP contribution in [0.2, 0.25) is 0 Å². The van der Waals surface area contributed by atoms with Crippen LogP contribution in [0.3, 0.4) is 0 Å². The summed E-state index contributed by atoms with van der Waals surface area (Å²) in [5.41, 5.74) is 1.19. The van der Waals surface area contributed by atoms with Crippen molar-refractivity contribution in [3.05, 3.63) is 29.8 Å². The molecule has 1 unspecified atom stereocenters. The largest absolute Gasteiger partial charge is 0.508 e. The third-order valence-corrected chi connectivity index (χ3v) is 6.84. The lowest BCUT2D eigenvalue weighted by Gasteiger charge is -2.10. The van der Waals surface area contributed by atoms with Crippen molar-refractivity contribution >= 4 is 0 Å². The number of phenolic OH excluding ortho intramolecular Hbond substituents is 1. The smallest absolute Gasteiger partial charge is 0.115 e. The summed E-state index contributed by atoms with van der Waals surface area (Å²) < 4.78 is 0. The Kier molecular flexibility index (Phi) is 19.8. The van der Waals surface area contributed by atoms with Gasteiger partial charge in [-0.3, -0.25) is 0 Å². The molecule has 0 aromatic heterocycles. The Hall–Kier alpha value is -1.02. The van der Waals surface area contributed by atoms with E-state index in [0.717, 1.165) is 25.7 Å². The quantitative estimate of drug-likeness (QED) is 0.164. The van der Waals surface area contributed by atoms with Gasteiger partial charge in [0.05, 0.1) is 6.10 Å². The minimum Gasteiger partial charge on any atom is -0.508 e. The summed E-state index contributed by atoms with van der Waals surface area (Å²) in [5, 5.41) is 19.5. The van der Waals surface area contributed by atoms with Crippen molar-refractivity contribution in [2.45, 2.75) is 154 Å². The molecule has 0 saturated heterocycles. The lowest BCUT2D eigenvalue weighted by molar-refractivity contribution is 0.151. The SMILES string of the molecule is CCCCCCCCCCCCCCCCCCCCCC(O)CCc1ccc(O)cc1. The number of rotatable bonds is 23. The molecular formula is C30H54O2. The number of benzene rings is 1. The standard InChI is InChI=1S/C30H54O2/c1-2-3-4-5-6-7-8-9-10-11-12-13-14-15-16-17-18-19-20-21-29(31)25-22-28-23-26-30(32)27-24-28/h23-24,26-27,29,31-32H,2-22,25H2,1H3. The highest BCUT2D eigenvalue weighted by Crippen LogP contribution is 2.16. The summed E-state index contributed by atoms with van der Waals surface area (Å²) in [6.07, 6.45) is 29.1. The van der Waals surface area contributed by atoms with Crippen LogP contribution in [-0.2, 0) is 6.42 Å². The van der Waals surface area contributed by atoms with Crippen LogP contribution in [-0.4, -0.2) is 16.3 Å². The number of aliphatic hydroxyl groups is 1. The molecule has 0 radical (unpaired) electrons. The van der Waals surface area contributed by atoms with Crippen molar-refractivity contribution in [2.24, 2.45) is 0 Å². The molecule has 2 heteroatoms. The monoisotopic (exact) mass is 446 g/mol. The predicted molar refractivity (Wildman–Crippen MR) is 140 cm³/mol. The Morgan fingerprint density at radius 1 is 0.531 bits per heavy atom. The van der Waals surface area contributed by atoms with Gasteiger partial charge in [-0.15, -0.1) is 0 Å². The number of phenols is 1. The van der Waals surface area contributed by atoms with Gasteiger partial charge in [-0.05, 0) is 37.0 Å². The van der Waals surface area contributed by atoms with Gasteiger partial charge in [0.15, 0.2) is 0 Å². The van der Waals surface area contributed by atoms with Crippen molar-refractivity contribution in [2.75, 3.05) is 0 Å². The van der Waals surface area contributed by atoms with Gasteiger partial charge in [0.25, 0.3) is 0 Å². The Balaban J connectivity index is 1.74. The fourth-order valence-electron chi connectivity index (χ4n) is 4.60. The van der Waals surface area contributed by atoms with E-state index in [9.17, 15) is 10.2 Å². The van der Waals surface area contributed by atoms with Crippen molar-refractivity contribution in [1.82, 2.24) is 0 Å². The molecule has 0 aliphatic rings. The van der Waals surface area contributed by atoms with E-state index in [1.165, 1.54) is 121 Å². The number of hydrogen-bond acceptors (Lipinski definition) is 2. The minimum atomic E-state index is -0.186. The topological polar surface area (TPSA) is 40.5 Å². The molecule has 2 N–H and O–H groups in total. The Morgan fingerprint density at radius 3 is 1.31 bits per heavy atom. The third kappa shape index (κ3) is 18.5. The summed E-state index contributed by atoms with van der Waals surface area (Å²) in [6.45, 7) is 2.29. The fourth-order valence-corrected chi connectivity index (χ4v) is 4.60. The predicted octanol–water partition coefficient (Wildman–Crippen LogP) is 9.51. The van der Waals surface area contributed by atoms with Gasteiger partial charge in [-0.1, -0.05) is 141 Å². The van der Waals surface area contributed by atoms with Crippen LogP contribution in [0.15, 0.2) is 24.3 Å². The van der Waals surface area contributed by atoms with Gasteiger partial charge < -0.3 is 10.2 Å². The van der Waals surface area contributed by atoms with E-state index >= 15 is 0 Å². The molecule has 2 nitrogen and oxygen atoms in total. The van der Waals surface area contributed by atoms with E-state index in [1.54, 1.807) is 12.1 Å². The average Bonchev–Trinajstić information content (AvgIpc) is 2.80. The first kappa shape index (κ1) is 29.0. The van der Waals surface area contributed by atoms with Crippen LogP contribution in [0.5, 0.6) is 5.75 Å². The zero-order valence-electron chi connectivity index (χ0n) is 21.3. The maximum Gasteiger partial charge on any atom is 0.115 e. The van der Waals surface area contributed by atoms with Gasteiger partial charge in [0.2, 0.25) is 0 Å². The first-order valence-electron chi connectivity index (χ1n) is 14.2. The highest BCUT2D eigenvalue weighted by atomic mass is 16.3. The zero-order valence-corrected chi connectivity index (χ0v) is 21.3. The molecule has 0 amide bonds. The van der Waals surface area contributed by atoms with Crippen LogP contribution < -0.4 is 0 Å². The Bertz CT molecular complexity index is 496. The second-order valence-electron chi connectivity index (χ2n) is 10.0. The fraction of sp³-hybridized carbons (Fsp3) is 0.800. The number of hydrogen-bond donors (Lipinski definition) is 2. The Labute approximate surface area is 200 Å². The summed E-state index contributed by atoms with van der Waals surface area (Å²) in [7, 11) is 0. The van der Waals surface area contributed by atoms with Crippen LogP contribution in [0.1, 0.15) is 147 Å². The molecular weight excluding hydrogens is 392 g/mol. The first-order valence-corrected chi connectivity index (χ1v) is 14.2. The van der Waals surface area contributed by atoms with E-state index in [2.05, 4.69) is 6.92 Å². The first-order chi connectivity index (χ1) is 15.7. The summed E-state index contributed by atoms with van der Waals surface area (Å²) in [6, 6.07) is 7.33. The molecule has 1 aromatic carbocycles. The van der Waals surface area contributed by atoms with Crippen LogP contribution >= 0.6 is 0 Å². The zero-order chi connectivity index (χ0) is 23.1. The second-order valence-corrected chi connectivity index (χ2v) is 10.0. The molecule has 0 aliphatic carbocycles. The van der Waals surface area contributed by atoms with E-state index in [-0.39, 0.29) is 6.10 Å². The van der Waals surface area contributed by atoms with Crippen molar-refractivity contribution < 1.29 is 10.2 Å². The van der Waals surface area contributed by atoms with Gasteiger partial charge in [0.1, 0.15) is 5.75 Å². The number of aromatic hydroxyl groups is 1. The number of aryl methyl sites for hydroxylation is 1. The van der Waals surface area contributed by atoms with E-state index < -0.39 is 0 Å². The maximum atomic E-state index is 10.2. The molecule has 0 aliphatic heterocycles. The van der Waals surface area contributed by atoms with Crippen molar-refractivity contribution in [3.63, 3.8) is 0 Å². The van der Waals surface area contributed by atoms with E-state index in [0.29, 0.717) is 5.75 Å². The highest BCUT2D eigenvalue weighted by molar-refractivity contribution is 5.25. The second kappa shape index (κ2) is 21.8. The molecule has 0 saturated carbocycles. The van der Waals surface area contributed by atoms with Gasteiger partial charge in [0, 0.05) is 0 Å². The summed E-state index contributed by atoms with van der Waals surface area (Å²) in [4.78, 5) is 0. The third-order valence-electron chi connectivity index (χ3n) is 6.84. The van der Waals surface area contributed by atoms with Crippen LogP contribution in [0, 0.1) is 0 Å². The summed E-state index contributed by atoms with van der Waals surface area (Å²) in [5.74, 6) is 0.309. The van der Waals surface area contributed by atoms with E-state index in [4.69, 9.17) is 0 Å². The average molecular weight is 447 g/mol. The number of aliphatic hydroxyl groups excluding tert-OH is 1. The highest BCUT2D eigenvalue weighted by Gasteiger charge is 2.05. The van der Waals surface area contributed by atoms with Crippen molar-refractivity contribution in [3.8, 4) is 5.75 Å². The summed E-state index contributed by atoms with van der Waals surface area (Å²) >= 11 is 0. The Morgan fingerprint density at radius 2 is 0.906 bits per heavy atom. The molecule has 1 atom stereocenters. The molecule has 32 heavy (non-hydrogen) atoms. The molecule has 0 fully saturated rings. The maximum absolute atomic E-state index is 10.2. The lowest BCUT2D eigenvalue weighted by atomic mass is 10.0. The van der Waals surface area contributed by atoms with Gasteiger partial charge in [-0.25, -0.2) is 0 Å². The van der Waals surface area contributed by atoms with E-state index in [1.807, 2.05) is 12.1 Å². The molecule has 0 heterocycles. The lowest BCUT2D eigenvalue weighted by Crippen LogP contribution is -2.07. The van der Waals surface area contributed by atoms with Crippen LogP contribution in [0.25, 0.3) is 0 Å². The van der Waals surface area contributed by atoms with Crippen molar-refractivity contribution in [1.29, 1.82) is 0 Å². The number of unbranched alkanes of at least 4 members (excludes halogenated alkanes) is 18. The molecule has 0 bridgehead atoms. The molecule has 1 aromatic rings. The van der Waals surface area contributed by atoms with Gasteiger partial charge in [-0.2, -0.15) is 0 Å². The van der Waals surface area contributed by atoms with Gasteiger partial charge >= 0.3 is 0 Å². The van der Waals surface area contributed by atoms with Crippen LogP contribution in [0.4, 0.5) is 0 Å². The molecule has 1 rings (SSSR count). The molecule has 186 valence electrons. The minimum absolute atomic E-state index is 0.186. The molecule has 0 spiro atoms.